The van der Waals surface area contributed by atoms with E-state index in [9.17, 15) is 5.11 Å². The molecule has 1 aliphatic rings. The van der Waals surface area contributed by atoms with Crippen LogP contribution in [0.2, 0.25) is 0 Å². The smallest absolute Gasteiger partial charge is 0.116 e. The molecule has 0 atom stereocenters. The lowest BCUT2D eigenvalue weighted by Crippen LogP contribution is -2.58. The average Bonchev–Trinajstić information content (AvgIpc) is 2.04. The van der Waals surface area contributed by atoms with Crippen molar-refractivity contribution >= 4 is 0 Å². The van der Waals surface area contributed by atoms with Gasteiger partial charge in [0.05, 0.1) is 0 Å². The third kappa shape index (κ3) is 5.84. The predicted molar refractivity (Wildman–Crippen MR) is 73.0 cm³/mol. The molecule has 1 saturated carbocycles. The second-order valence-corrected chi connectivity index (χ2v) is 7.58. The SMILES string of the molecule is CC(C)(C)NC1CCC(O)(NC(C)(C)C)CC1. The number of rotatable bonds is 2. The lowest BCUT2D eigenvalue weighted by Gasteiger charge is -2.42. The first-order valence-corrected chi connectivity index (χ1v) is 6.79. The zero-order valence-electron chi connectivity index (χ0n) is 12.4. The van der Waals surface area contributed by atoms with Gasteiger partial charge in [-0.15, -0.1) is 0 Å². The first-order chi connectivity index (χ1) is 7.49. The minimum absolute atomic E-state index is 0.0287. The minimum atomic E-state index is -0.672. The van der Waals surface area contributed by atoms with E-state index >= 15 is 0 Å². The third-order valence-corrected chi connectivity index (χ3v) is 3.06. The van der Waals surface area contributed by atoms with Crippen molar-refractivity contribution in [3.8, 4) is 0 Å². The van der Waals surface area contributed by atoms with Gasteiger partial charge in [0.1, 0.15) is 5.72 Å². The second kappa shape index (κ2) is 4.87. The van der Waals surface area contributed by atoms with E-state index in [1.807, 2.05) is 0 Å². The van der Waals surface area contributed by atoms with Gasteiger partial charge in [-0.3, -0.25) is 5.32 Å². The summed E-state index contributed by atoms with van der Waals surface area (Å²) in [6, 6.07) is 0.539. The average molecular weight is 242 g/mol. The molecule has 17 heavy (non-hydrogen) atoms. The topological polar surface area (TPSA) is 44.3 Å². The summed E-state index contributed by atoms with van der Waals surface area (Å²) < 4.78 is 0. The fourth-order valence-corrected chi connectivity index (χ4v) is 2.68. The van der Waals surface area contributed by atoms with Crippen LogP contribution in [-0.2, 0) is 0 Å². The lowest BCUT2D eigenvalue weighted by atomic mass is 9.85. The molecule has 0 spiro atoms. The van der Waals surface area contributed by atoms with Gasteiger partial charge < -0.3 is 10.4 Å². The molecule has 0 amide bonds. The van der Waals surface area contributed by atoms with Crippen molar-refractivity contribution in [3.63, 3.8) is 0 Å². The van der Waals surface area contributed by atoms with Crippen LogP contribution in [0.4, 0.5) is 0 Å². The monoisotopic (exact) mass is 242 g/mol. The molecular weight excluding hydrogens is 212 g/mol. The molecule has 0 radical (unpaired) electrons. The summed E-state index contributed by atoms with van der Waals surface area (Å²) in [6.45, 7) is 12.9. The van der Waals surface area contributed by atoms with Crippen molar-refractivity contribution in [1.82, 2.24) is 10.6 Å². The Labute approximate surface area is 106 Å². The maximum atomic E-state index is 10.5. The van der Waals surface area contributed by atoms with Crippen LogP contribution in [0.3, 0.4) is 0 Å². The second-order valence-electron chi connectivity index (χ2n) is 7.58. The van der Waals surface area contributed by atoms with Crippen molar-refractivity contribution in [2.24, 2.45) is 0 Å². The van der Waals surface area contributed by atoms with Gasteiger partial charge >= 0.3 is 0 Å². The summed E-state index contributed by atoms with van der Waals surface area (Å²) in [5.41, 5.74) is -0.537. The molecule has 1 fully saturated rings. The van der Waals surface area contributed by atoms with Crippen molar-refractivity contribution in [2.45, 2.75) is 90.1 Å². The van der Waals surface area contributed by atoms with Crippen LogP contribution in [0, 0.1) is 0 Å². The fraction of sp³-hybridized carbons (Fsp3) is 1.00. The van der Waals surface area contributed by atoms with E-state index in [0.717, 1.165) is 25.7 Å². The van der Waals surface area contributed by atoms with Gasteiger partial charge in [-0.25, -0.2) is 0 Å². The lowest BCUT2D eigenvalue weighted by molar-refractivity contribution is -0.0539. The number of hydrogen-bond acceptors (Lipinski definition) is 3. The zero-order valence-corrected chi connectivity index (χ0v) is 12.4. The minimum Gasteiger partial charge on any atom is -0.376 e. The Morgan fingerprint density at radius 3 is 1.76 bits per heavy atom. The predicted octanol–water partition coefficient (Wildman–Crippen LogP) is 2.39. The molecule has 3 nitrogen and oxygen atoms in total. The highest BCUT2D eigenvalue weighted by Gasteiger charge is 2.36. The van der Waals surface area contributed by atoms with E-state index in [1.165, 1.54) is 0 Å². The summed E-state index contributed by atoms with van der Waals surface area (Å²) in [4.78, 5) is 0. The van der Waals surface area contributed by atoms with Crippen LogP contribution in [0.15, 0.2) is 0 Å². The molecule has 0 aromatic rings. The maximum Gasteiger partial charge on any atom is 0.116 e. The van der Waals surface area contributed by atoms with Gasteiger partial charge in [-0.2, -0.15) is 0 Å². The Kier molecular flexibility index (Phi) is 4.28. The largest absolute Gasteiger partial charge is 0.376 e. The van der Waals surface area contributed by atoms with Gasteiger partial charge in [0.25, 0.3) is 0 Å². The molecule has 102 valence electrons. The Bertz CT molecular complexity index is 242. The standard InChI is InChI=1S/C14H30N2O/c1-12(2,3)15-11-7-9-14(17,10-8-11)16-13(4,5)6/h11,15-17H,7-10H2,1-6H3. The molecule has 3 heteroatoms. The van der Waals surface area contributed by atoms with E-state index in [4.69, 9.17) is 0 Å². The molecule has 0 aromatic heterocycles. The van der Waals surface area contributed by atoms with E-state index in [1.54, 1.807) is 0 Å². The normalized spacial score (nSPS) is 31.6. The van der Waals surface area contributed by atoms with Gasteiger partial charge in [0.2, 0.25) is 0 Å². The van der Waals surface area contributed by atoms with Crippen LogP contribution in [-0.4, -0.2) is 28.0 Å². The Hall–Kier alpha value is -0.120. The molecule has 0 saturated heterocycles. The Morgan fingerprint density at radius 1 is 0.941 bits per heavy atom. The van der Waals surface area contributed by atoms with Crippen LogP contribution in [0.25, 0.3) is 0 Å². The van der Waals surface area contributed by atoms with E-state index < -0.39 is 5.72 Å². The highest BCUT2D eigenvalue weighted by atomic mass is 16.3. The van der Waals surface area contributed by atoms with Gasteiger partial charge in [-0.1, -0.05) is 0 Å². The van der Waals surface area contributed by atoms with Crippen LogP contribution in [0.1, 0.15) is 67.2 Å². The fourth-order valence-electron chi connectivity index (χ4n) is 2.68. The molecule has 0 aromatic carbocycles. The van der Waals surface area contributed by atoms with E-state index in [-0.39, 0.29) is 11.1 Å². The Morgan fingerprint density at radius 2 is 1.41 bits per heavy atom. The van der Waals surface area contributed by atoms with Crippen LogP contribution >= 0.6 is 0 Å². The first kappa shape index (κ1) is 14.9. The van der Waals surface area contributed by atoms with Crippen molar-refractivity contribution in [2.75, 3.05) is 0 Å². The number of hydrogen-bond donors (Lipinski definition) is 3. The zero-order chi connectivity index (χ0) is 13.3. The summed E-state index contributed by atoms with van der Waals surface area (Å²) in [7, 11) is 0. The molecular formula is C14H30N2O. The van der Waals surface area contributed by atoms with E-state index in [0.29, 0.717) is 6.04 Å². The van der Waals surface area contributed by atoms with Gasteiger partial charge in [-0.05, 0) is 67.2 Å². The molecule has 0 unspecified atom stereocenters. The van der Waals surface area contributed by atoms with Gasteiger partial charge in [0, 0.05) is 17.1 Å². The third-order valence-electron chi connectivity index (χ3n) is 3.06. The highest BCUT2D eigenvalue weighted by Crippen LogP contribution is 2.29. The Balaban J connectivity index is 2.45. The molecule has 1 aliphatic carbocycles. The molecule has 3 N–H and O–H groups in total. The van der Waals surface area contributed by atoms with Crippen molar-refractivity contribution < 1.29 is 5.11 Å². The molecule has 0 bridgehead atoms. The van der Waals surface area contributed by atoms with Crippen LogP contribution in [0.5, 0.6) is 0 Å². The maximum absolute atomic E-state index is 10.5. The van der Waals surface area contributed by atoms with Crippen molar-refractivity contribution in [3.05, 3.63) is 0 Å². The highest BCUT2D eigenvalue weighted by molar-refractivity contribution is 4.91. The quantitative estimate of drug-likeness (QED) is 0.652. The summed E-state index contributed by atoms with van der Waals surface area (Å²) >= 11 is 0. The van der Waals surface area contributed by atoms with Crippen LogP contribution < -0.4 is 10.6 Å². The molecule has 0 aliphatic heterocycles. The van der Waals surface area contributed by atoms with Gasteiger partial charge in [0.15, 0.2) is 0 Å². The molecule has 1 rings (SSSR count). The summed E-state index contributed by atoms with van der Waals surface area (Å²) in [6.07, 6.45) is 3.74. The summed E-state index contributed by atoms with van der Waals surface area (Å²) in [5.74, 6) is 0. The van der Waals surface area contributed by atoms with Crippen molar-refractivity contribution in [1.29, 1.82) is 0 Å². The number of aliphatic hydroxyl groups is 1. The van der Waals surface area contributed by atoms with E-state index in [2.05, 4.69) is 52.2 Å². The summed E-state index contributed by atoms with van der Waals surface area (Å²) in [5, 5.41) is 17.4. The number of nitrogens with one attached hydrogen (secondary N) is 2. The molecule has 0 heterocycles. The first-order valence-electron chi connectivity index (χ1n) is 6.79.